The van der Waals surface area contributed by atoms with E-state index in [1.165, 1.54) is 33.4 Å². The molecule has 3 aromatic rings. The van der Waals surface area contributed by atoms with Gasteiger partial charge in [-0.3, -0.25) is 0 Å². The lowest BCUT2D eigenvalue weighted by Crippen LogP contribution is -1.98. The highest BCUT2D eigenvalue weighted by Gasteiger charge is 2.12. The quantitative estimate of drug-likeness (QED) is 0.596. The molecule has 1 N–H and O–H groups in total. The minimum absolute atomic E-state index is 1.11. The predicted molar refractivity (Wildman–Crippen MR) is 101 cm³/mol. The van der Waals surface area contributed by atoms with Crippen LogP contribution in [0.1, 0.15) is 22.3 Å². The van der Waals surface area contributed by atoms with Crippen molar-refractivity contribution in [3.63, 3.8) is 0 Å². The molecule has 0 heterocycles. The maximum Gasteiger partial charge on any atom is 0.0464 e. The molecule has 0 aliphatic heterocycles. The third-order valence-electron chi connectivity index (χ3n) is 4.75. The minimum atomic E-state index is 1.11. The molecule has 1 nitrogen and oxygen atoms in total. The van der Waals surface area contributed by atoms with Crippen LogP contribution in [0.5, 0.6) is 0 Å². The monoisotopic (exact) mass is 301 g/mol. The van der Waals surface area contributed by atoms with Crippen LogP contribution in [0.3, 0.4) is 0 Å². The molecule has 0 aliphatic rings. The second-order valence-corrected chi connectivity index (χ2v) is 6.15. The van der Waals surface area contributed by atoms with Crippen molar-refractivity contribution in [1.29, 1.82) is 0 Å². The van der Waals surface area contributed by atoms with Gasteiger partial charge in [0.1, 0.15) is 0 Å². The molecule has 0 atom stereocenters. The Morgan fingerprint density at radius 1 is 0.609 bits per heavy atom. The molecule has 0 spiro atoms. The van der Waals surface area contributed by atoms with Gasteiger partial charge in [-0.05, 0) is 73.7 Å². The normalized spacial score (nSPS) is 10.6. The molecule has 1 heteroatoms. The fraction of sp³-hybridized carbons (Fsp3) is 0.182. The largest absolute Gasteiger partial charge is 0.355 e. The molecule has 0 unspecified atom stereocenters. The van der Waals surface area contributed by atoms with Gasteiger partial charge in [0.05, 0.1) is 0 Å². The number of hydrogen-bond acceptors (Lipinski definition) is 1. The zero-order valence-corrected chi connectivity index (χ0v) is 14.3. The first-order chi connectivity index (χ1) is 11.1. The summed E-state index contributed by atoms with van der Waals surface area (Å²) in [7, 11) is 0. The molecule has 0 aromatic heterocycles. The summed E-state index contributed by atoms with van der Waals surface area (Å²) >= 11 is 0. The summed E-state index contributed by atoms with van der Waals surface area (Å²) in [5, 5.41) is 3.55. The Hall–Kier alpha value is -2.54. The highest BCUT2D eigenvalue weighted by Crippen LogP contribution is 2.35. The lowest BCUT2D eigenvalue weighted by Gasteiger charge is -2.18. The molecule has 0 amide bonds. The molecule has 0 aliphatic carbocycles. The molecular weight excluding hydrogens is 278 g/mol. The van der Waals surface area contributed by atoms with E-state index < -0.39 is 0 Å². The fourth-order valence-corrected chi connectivity index (χ4v) is 3.00. The third kappa shape index (κ3) is 3.00. The van der Waals surface area contributed by atoms with E-state index in [1.54, 1.807) is 0 Å². The van der Waals surface area contributed by atoms with Gasteiger partial charge in [0, 0.05) is 16.9 Å². The van der Waals surface area contributed by atoms with Gasteiger partial charge >= 0.3 is 0 Å². The molecule has 3 aromatic carbocycles. The first kappa shape index (κ1) is 15.4. The number of nitrogens with one attached hydrogen (secondary N) is 1. The average Bonchev–Trinajstić information content (AvgIpc) is 2.58. The van der Waals surface area contributed by atoms with Crippen molar-refractivity contribution in [2.24, 2.45) is 0 Å². The Morgan fingerprint density at radius 2 is 1.26 bits per heavy atom. The van der Waals surface area contributed by atoms with Crippen molar-refractivity contribution in [3.8, 4) is 11.1 Å². The van der Waals surface area contributed by atoms with Crippen molar-refractivity contribution in [2.75, 3.05) is 5.32 Å². The Kier molecular flexibility index (Phi) is 4.20. The van der Waals surface area contributed by atoms with Gasteiger partial charge in [-0.25, -0.2) is 0 Å². The van der Waals surface area contributed by atoms with E-state index >= 15 is 0 Å². The lowest BCUT2D eigenvalue weighted by molar-refractivity contribution is 1.22. The van der Waals surface area contributed by atoms with Gasteiger partial charge in [-0.1, -0.05) is 42.5 Å². The fourth-order valence-electron chi connectivity index (χ4n) is 3.00. The van der Waals surface area contributed by atoms with Gasteiger partial charge in [0.2, 0.25) is 0 Å². The van der Waals surface area contributed by atoms with Gasteiger partial charge < -0.3 is 5.32 Å². The first-order valence-corrected chi connectivity index (χ1v) is 8.07. The predicted octanol–water partition coefficient (Wildman–Crippen LogP) is 6.33. The second kappa shape index (κ2) is 6.29. The van der Waals surface area contributed by atoms with Crippen molar-refractivity contribution in [1.82, 2.24) is 0 Å². The van der Waals surface area contributed by atoms with E-state index in [9.17, 15) is 0 Å². The molecule has 0 radical (unpaired) electrons. The number of rotatable bonds is 3. The summed E-state index contributed by atoms with van der Waals surface area (Å²) in [6.07, 6.45) is 0. The molecule has 0 bridgehead atoms. The van der Waals surface area contributed by atoms with Gasteiger partial charge in [0.15, 0.2) is 0 Å². The maximum absolute atomic E-state index is 3.55. The highest BCUT2D eigenvalue weighted by atomic mass is 14.9. The first-order valence-electron chi connectivity index (χ1n) is 8.07. The van der Waals surface area contributed by atoms with E-state index in [2.05, 4.69) is 87.6 Å². The Balaban J connectivity index is 2.12. The van der Waals surface area contributed by atoms with Crippen LogP contribution in [-0.4, -0.2) is 0 Å². The van der Waals surface area contributed by atoms with Gasteiger partial charge in [-0.15, -0.1) is 0 Å². The molecule has 0 fully saturated rings. The highest BCUT2D eigenvalue weighted by molar-refractivity contribution is 5.83. The van der Waals surface area contributed by atoms with Crippen LogP contribution >= 0.6 is 0 Å². The summed E-state index contributed by atoms with van der Waals surface area (Å²) in [5.74, 6) is 0. The van der Waals surface area contributed by atoms with Crippen molar-refractivity contribution < 1.29 is 0 Å². The van der Waals surface area contributed by atoms with Crippen molar-refractivity contribution in [2.45, 2.75) is 27.7 Å². The molecule has 23 heavy (non-hydrogen) atoms. The zero-order chi connectivity index (χ0) is 16.4. The van der Waals surface area contributed by atoms with Crippen LogP contribution in [0.15, 0.2) is 60.7 Å². The van der Waals surface area contributed by atoms with Crippen LogP contribution in [0.4, 0.5) is 11.4 Å². The van der Waals surface area contributed by atoms with Crippen LogP contribution < -0.4 is 5.32 Å². The number of para-hydroxylation sites is 2. The summed E-state index contributed by atoms with van der Waals surface area (Å²) in [5.41, 5.74) is 10.3. The molecule has 116 valence electrons. The average molecular weight is 301 g/mol. The van der Waals surface area contributed by atoms with Crippen LogP contribution in [0.2, 0.25) is 0 Å². The maximum atomic E-state index is 3.55. The smallest absolute Gasteiger partial charge is 0.0464 e. The standard InChI is InChI=1S/C22H23N/c1-15-14-21(18(4)17(3)16(15)2)20-12-8-9-13-22(20)23-19-10-6-5-7-11-19/h5-14,23H,1-4H3. The van der Waals surface area contributed by atoms with Gasteiger partial charge in [0.25, 0.3) is 0 Å². The number of aryl methyl sites for hydroxylation is 1. The van der Waals surface area contributed by atoms with Crippen LogP contribution in [0.25, 0.3) is 11.1 Å². The van der Waals surface area contributed by atoms with E-state index in [-0.39, 0.29) is 0 Å². The number of hydrogen-bond donors (Lipinski definition) is 1. The number of benzene rings is 3. The van der Waals surface area contributed by atoms with Crippen molar-refractivity contribution >= 4 is 11.4 Å². The minimum Gasteiger partial charge on any atom is -0.355 e. The van der Waals surface area contributed by atoms with Crippen LogP contribution in [-0.2, 0) is 0 Å². The summed E-state index contributed by atoms with van der Waals surface area (Å²) in [6.45, 7) is 8.83. The second-order valence-electron chi connectivity index (χ2n) is 6.15. The Labute approximate surface area is 139 Å². The SMILES string of the molecule is Cc1cc(-c2ccccc2Nc2ccccc2)c(C)c(C)c1C. The van der Waals surface area contributed by atoms with E-state index in [0.29, 0.717) is 0 Å². The van der Waals surface area contributed by atoms with Crippen LogP contribution in [0, 0.1) is 27.7 Å². The Morgan fingerprint density at radius 3 is 2.00 bits per heavy atom. The summed E-state index contributed by atoms with van der Waals surface area (Å²) < 4.78 is 0. The third-order valence-corrected chi connectivity index (χ3v) is 4.75. The Bertz CT molecular complexity index is 832. The van der Waals surface area contributed by atoms with E-state index in [4.69, 9.17) is 0 Å². The summed E-state index contributed by atoms with van der Waals surface area (Å²) in [4.78, 5) is 0. The molecular formula is C22H23N. The molecule has 3 rings (SSSR count). The summed E-state index contributed by atoms with van der Waals surface area (Å²) in [6, 6.07) is 21.2. The molecule has 0 saturated heterocycles. The number of anilines is 2. The topological polar surface area (TPSA) is 12.0 Å². The van der Waals surface area contributed by atoms with E-state index in [0.717, 1.165) is 11.4 Å². The van der Waals surface area contributed by atoms with Gasteiger partial charge in [-0.2, -0.15) is 0 Å². The molecule has 0 saturated carbocycles. The lowest BCUT2D eigenvalue weighted by atomic mass is 9.90. The van der Waals surface area contributed by atoms with E-state index in [1.807, 2.05) is 6.07 Å². The zero-order valence-electron chi connectivity index (χ0n) is 14.3. The van der Waals surface area contributed by atoms with Crippen molar-refractivity contribution in [3.05, 3.63) is 82.9 Å².